The van der Waals surface area contributed by atoms with Crippen LogP contribution in [0.2, 0.25) is 0 Å². The molecular weight excluding hydrogens is 378 g/mol. The third-order valence-corrected chi connectivity index (χ3v) is 5.63. The first-order valence-corrected chi connectivity index (χ1v) is 9.89. The zero-order chi connectivity index (χ0) is 20.5. The van der Waals surface area contributed by atoms with Crippen molar-refractivity contribution in [2.75, 3.05) is 38.2 Å². The van der Waals surface area contributed by atoms with Crippen LogP contribution in [-0.2, 0) is 16.0 Å². The van der Waals surface area contributed by atoms with Crippen molar-refractivity contribution in [3.05, 3.63) is 29.3 Å². The number of carbonyl (C=O) groups is 2. The molecule has 2 aliphatic rings. The summed E-state index contributed by atoms with van der Waals surface area (Å²) < 4.78 is 5.29. The van der Waals surface area contributed by atoms with Gasteiger partial charge in [-0.2, -0.15) is 0 Å². The minimum absolute atomic E-state index is 0.229. The van der Waals surface area contributed by atoms with E-state index in [9.17, 15) is 14.7 Å². The maximum absolute atomic E-state index is 12.5. The highest BCUT2D eigenvalue weighted by atomic mass is 32.1. The molecule has 28 heavy (non-hydrogen) atoms. The molecule has 0 aliphatic carbocycles. The highest BCUT2D eigenvalue weighted by Gasteiger charge is 2.38. The van der Waals surface area contributed by atoms with Crippen molar-refractivity contribution >= 4 is 34.9 Å². The molecule has 0 aromatic heterocycles. The lowest BCUT2D eigenvalue weighted by atomic mass is 9.77. The summed E-state index contributed by atoms with van der Waals surface area (Å²) in [6.07, 6.45) is -0.287. The number of fused-ring (bicyclic) bond motifs is 1. The van der Waals surface area contributed by atoms with Crippen LogP contribution in [0.15, 0.2) is 18.2 Å². The number of hydrogen-bond acceptors (Lipinski definition) is 4. The Morgan fingerprint density at radius 3 is 2.50 bits per heavy atom. The van der Waals surface area contributed by atoms with Gasteiger partial charge in [-0.05, 0) is 35.1 Å². The number of amides is 2. The third kappa shape index (κ3) is 4.28. The number of anilines is 1. The van der Waals surface area contributed by atoms with E-state index in [0.29, 0.717) is 45.0 Å². The average Bonchev–Trinajstić information content (AvgIpc) is 2.66. The molecule has 2 aliphatic heterocycles. The summed E-state index contributed by atoms with van der Waals surface area (Å²) in [5.74, 6) is -0.299. The van der Waals surface area contributed by atoms with Gasteiger partial charge >= 0.3 is 6.09 Å². The van der Waals surface area contributed by atoms with Gasteiger partial charge < -0.3 is 25.0 Å². The van der Waals surface area contributed by atoms with E-state index in [2.05, 4.69) is 5.32 Å². The van der Waals surface area contributed by atoms with Crippen LogP contribution in [0.5, 0.6) is 0 Å². The number of thiocarbonyl (C=S) groups is 1. The van der Waals surface area contributed by atoms with E-state index < -0.39 is 6.09 Å². The van der Waals surface area contributed by atoms with Gasteiger partial charge in [-0.15, -0.1) is 0 Å². The molecule has 0 radical (unpaired) electrons. The Morgan fingerprint density at radius 2 is 1.89 bits per heavy atom. The van der Waals surface area contributed by atoms with Crippen molar-refractivity contribution < 1.29 is 19.4 Å². The molecule has 1 aromatic carbocycles. The number of morpholine rings is 1. The van der Waals surface area contributed by atoms with Crippen molar-refractivity contribution in [1.29, 1.82) is 0 Å². The summed E-state index contributed by atoms with van der Waals surface area (Å²) >= 11 is 5.31. The first kappa shape index (κ1) is 20.5. The summed E-state index contributed by atoms with van der Waals surface area (Å²) in [6, 6.07) is 5.46. The summed E-state index contributed by atoms with van der Waals surface area (Å²) in [5, 5.41) is 12.5. The molecular formula is C20H27N3O4S. The summed E-state index contributed by atoms with van der Waals surface area (Å²) in [7, 11) is 0. The number of carboxylic acid groups (broad SMARTS) is 1. The second-order valence-corrected chi connectivity index (χ2v) is 8.65. The fraction of sp³-hybridized carbons (Fsp3) is 0.550. The second kappa shape index (κ2) is 8.05. The first-order valence-electron chi connectivity index (χ1n) is 9.49. The van der Waals surface area contributed by atoms with Gasteiger partial charge in [-0.1, -0.05) is 39.1 Å². The lowest BCUT2D eigenvalue weighted by Gasteiger charge is -2.43. The van der Waals surface area contributed by atoms with Crippen molar-refractivity contribution in [1.82, 2.24) is 9.80 Å². The lowest BCUT2D eigenvalue weighted by molar-refractivity contribution is -0.111. The highest BCUT2D eigenvalue weighted by Crippen LogP contribution is 2.42. The average molecular weight is 406 g/mol. The van der Waals surface area contributed by atoms with Gasteiger partial charge in [0.1, 0.15) is 0 Å². The van der Waals surface area contributed by atoms with E-state index >= 15 is 0 Å². The van der Waals surface area contributed by atoms with E-state index in [1.807, 2.05) is 43.9 Å². The number of ether oxygens (including phenoxy) is 1. The SMILES string of the molecule is CC(C)(C)C1c2ccc(NC(=O)C(=S)N3CCOCC3)cc2CCN1C(=O)O. The van der Waals surface area contributed by atoms with E-state index in [1.54, 1.807) is 0 Å². The molecule has 1 atom stereocenters. The molecule has 8 heteroatoms. The van der Waals surface area contributed by atoms with E-state index in [1.165, 1.54) is 4.90 Å². The van der Waals surface area contributed by atoms with Crippen LogP contribution in [0.3, 0.4) is 0 Å². The molecule has 1 saturated heterocycles. The quantitative estimate of drug-likeness (QED) is 0.699. The second-order valence-electron chi connectivity index (χ2n) is 8.27. The van der Waals surface area contributed by atoms with Crippen molar-refractivity contribution in [3.63, 3.8) is 0 Å². The molecule has 1 unspecified atom stereocenters. The Kier molecular flexibility index (Phi) is 5.90. The van der Waals surface area contributed by atoms with Crippen LogP contribution in [-0.4, -0.2) is 64.7 Å². The molecule has 3 rings (SSSR count). The molecule has 0 spiro atoms. The van der Waals surface area contributed by atoms with Crippen molar-refractivity contribution in [2.45, 2.75) is 33.2 Å². The van der Waals surface area contributed by atoms with Crippen LogP contribution >= 0.6 is 12.2 Å². The molecule has 1 fully saturated rings. The molecule has 2 amide bonds. The molecule has 2 heterocycles. The standard InChI is InChI=1S/C20H27N3O4S/c1-20(2,3)16-15-5-4-14(12-13(15)6-7-23(16)19(25)26)21-17(24)18(28)22-8-10-27-11-9-22/h4-5,12,16H,6-11H2,1-3H3,(H,21,24)(H,25,26). The summed E-state index contributed by atoms with van der Waals surface area (Å²) in [5.41, 5.74) is 2.49. The van der Waals surface area contributed by atoms with Gasteiger partial charge in [-0.3, -0.25) is 4.79 Å². The topological polar surface area (TPSA) is 82.1 Å². The Morgan fingerprint density at radius 1 is 1.21 bits per heavy atom. The molecule has 0 bridgehead atoms. The van der Waals surface area contributed by atoms with E-state index in [-0.39, 0.29) is 22.4 Å². The predicted octanol–water partition coefficient (Wildman–Crippen LogP) is 2.91. The van der Waals surface area contributed by atoms with Gasteiger partial charge in [0, 0.05) is 25.3 Å². The fourth-order valence-electron chi connectivity index (χ4n) is 3.94. The van der Waals surface area contributed by atoms with Gasteiger partial charge in [0.2, 0.25) is 0 Å². The smallest absolute Gasteiger partial charge is 0.407 e. The fourth-order valence-corrected chi connectivity index (χ4v) is 4.17. The highest BCUT2D eigenvalue weighted by molar-refractivity contribution is 7.82. The minimum atomic E-state index is -0.904. The van der Waals surface area contributed by atoms with Crippen molar-refractivity contribution in [2.24, 2.45) is 5.41 Å². The number of benzene rings is 1. The zero-order valence-electron chi connectivity index (χ0n) is 16.5. The number of nitrogens with one attached hydrogen (secondary N) is 1. The van der Waals surface area contributed by atoms with Gasteiger partial charge in [-0.25, -0.2) is 4.79 Å². The molecule has 152 valence electrons. The largest absolute Gasteiger partial charge is 0.465 e. The van der Waals surface area contributed by atoms with Crippen molar-refractivity contribution in [3.8, 4) is 0 Å². The maximum atomic E-state index is 12.5. The van der Waals surface area contributed by atoms with Gasteiger partial charge in [0.15, 0.2) is 4.99 Å². The number of hydrogen-bond donors (Lipinski definition) is 2. The molecule has 0 saturated carbocycles. The van der Waals surface area contributed by atoms with Crippen LogP contribution in [0.4, 0.5) is 10.5 Å². The van der Waals surface area contributed by atoms with Crippen LogP contribution in [0.1, 0.15) is 37.9 Å². The third-order valence-electron chi connectivity index (χ3n) is 5.19. The van der Waals surface area contributed by atoms with Gasteiger partial charge in [0.05, 0.1) is 19.3 Å². The Labute approximate surface area is 170 Å². The summed E-state index contributed by atoms with van der Waals surface area (Å²) in [4.78, 5) is 27.9. The Hall–Kier alpha value is -2.19. The zero-order valence-corrected chi connectivity index (χ0v) is 17.3. The molecule has 1 aromatic rings. The van der Waals surface area contributed by atoms with Crippen LogP contribution in [0, 0.1) is 5.41 Å². The number of rotatable bonds is 1. The van der Waals surface area contributed by atoms with Crippen LogP contribution < -0.4 is 5.32 Å². The normalized spacial score (nSPS) is 19.8. The van der Waals surface area contributed by atoms with Gasteiger partial charge in [0.25, 0.3) is 5.91 Å². The molecule has 7 nitrogen and oxygen atoms in total. The first-order chi connectivity index (χ1) is 13.2. The number of nitrogens with zero attached hydrogens (tertiary/aromatic N) is 2. The maximum Gasteiger partial charge on any atom is 0.407 e. The Bertz CT molecular complexity index is 784. The van der Waals surface area contributed by atoms with E-state index in [0.717, 1.165) is 11.1 Å². The number of carbonyl (C=O) groups excluding carboxylic acids is 1. The minimum Gasteiger partial charge on any atom is -0.465 e. The lowest BCUT2D eigenvalue weighted by Crippen LogP contribution is -2.45. The molecule has 2 N–H and O–H groups in total. The predicted molar refractivity (Wildman–Crippen MR) is 111 cm³/mol. The van der Waals surface area contributed by atoms with E-state index in [4.69, 9.17) is 17.0 Å². The Balaban J connectivity index is 1.79. The summed E-state index contributed by atoms with van der Waals surface area (Å²) in [6.45, 7) is 8.94. The van der Waals surface area contributed by atoms with Crippen LogP contribution in [0.25, 0.3) is 0 Å². The monoisotopic (exact) mass is 405 g/mol.